The zero-order valence-corrected chi connectivity index (χ0v) is 16.5. The Morgan fingerprint density at radius 1 is 1.29 bits per heavy atom. The van der Waals surface area contributed by atoms with Gasteiger partial charge in [0.2, 0.25) is 0 Å². The highest BCUT2D eigenvalue weighted by atomic mass is 32.2. The molecule has 0 radical (unpaired) electrons. The minimum Gasteiger partial charge on any atom is -0.542 e. The number of aliphatic carboxylic acids is 1. The number of carboxylic acids is 1. The van der Waals surface area contributed by atoms with E-state index in [1.165, 1.54) is 25.8 Å². The van der Waals surface area contributed by atoms with Crippen LogP contribution in [0.5, 0.6) is 0 Å². The van der Waals surface area contributed by atoms with Crippen LogP contribution in [-0.2, 0) is 23.9 Å². The molecule has 0 saturated carbocycles. The van der Waals surface area contributed by atoms with Crippen molar-refractivity contribution >= 4 is 34.7 Å². The molecule has 0 aromatic carbocycles. The number of thioether (sulfide) groups is 1. The molecule has 2 N–H and O–H groups in total. The molecule has 2 rings (SSSR count). The Morgan fingerprint density at radius 2 is 1.86 bits per heavy atom. The second-order valence-electron chi connectivity index (χ2n) is 6.76. The molecule has 12 heteroatoms. The average molecular weight is 428 g/mol. The highest BCUT2D eigenvalue weighted by Crippen LogP contribution is 2.31. The van der Waals surface area contributed by atoms with Gasteiger partial charge in [-0.25, -0.2) is 4.79 Å². The molecule has 28 heavy (non-hydrogen) atoms. The van der Waals surface area contributed by atoms with Gasteiger partial charge in [-0.15, -0.1) is 0 Å². The summed E-state index contributed by atoms with van der Waals surface area (Å²) in [6.07, 6.45) is -2.88. The molecule has 0 spiro atoms. The third kappa shape index (κ3) is 6.36. The number of nitrogens with two attached hydrogens (primary N) is 1. The van der Waals surface area contributed by atoms with Crippen LogP contribution in [0.4, 0.5) is 13.2 Å². The molecule has 1 amide bonds. The summed E-state index contributed by atoms with van der Waals surface area (Å²) in [7, 11) is 1.33. The van der Waals surface area contributed by atoms with Gasteiger partial charge in [0.15, 0.2) is 10.7 Å². The zero-order valence-electron chi connectivity index (χ0n) is 15.7. The summed E-state index contributed by atoms with van der Waals surface area (Å²) in [4.78, 5) is 46.5. The van der Waals surface area contributed by atoms with Gasteiger partial charge < -0.3 is 24.9 Å². The van der Waals surface area contributed by atoms with Crippen LogP contribution in [0.3, 0.4) is 0 Å². The van der Waals surface area contributed by atoms with E-state index in [0.717, 1.165) is 19.4 Å². The number of quaternary nitrogens is 1. The summed E-state index contributed by atoms with van der Waals surface area (Å²) in [6, 6.07) is -0.565. The predicted octanol–water partition coefficient (Wildman–Crippen LogP) is -1.18. The smallest absolute Gasteiger partial charge is 0.430 e. The molecular formula is C16H23F3N2O6S. The van der Waals surface area contributed by atoms with E-state index < -0.39 is 29.7 Å². The number of hydrogen-bond acceptors (Lipinski definition) is 7. The molecule has 2 aliphatic heterocycles. The molecule has 160 valence electrons. The predicted molar refractivity (Wildman–Crippen MR) is 89.7 cm³/mol. The average Bonchev–Trinajstić information content (AvgIpc) is 3.20. The largest absolute Gasteiger partial charge is 0.542 e. The number of esters is 1. The van der Waals surface area contributed by atoms with Crippen LogP contribution in [0.2, 0.25) is 0 Å². The highest BCUT2D eigenvalue weighted by molar-refractivity contribution is 8.14. The number of halogens is 3. The fraction of sp³-hybridized carbons (Fsp3) is 0.750. The second-order valence-corrected chi connectivity index (χ2v) is 8.24. The van der Waals surface area contributed by atoms with Gasteiger partial charge in [-0.05, 0) is 13.3 Å². The Balaban J connectivity index is 0.000000480. The van der Waals surface area contributed by atoms with Crippen LogP contribution in [0.1, 0.15) is 33.1 Å². The Kier molecular flexibility index (Phi) is 8.30. The minimum atomic E-state index is -5.19. The maximum absolute atomic E-state index is 12.8. The number of carbonyl (C=O) groups excluding carboxylic acids is 4. The second kappa shape index (κ2) is 9.59. The van der Waals surface area contributed by atoms with E-state index in [0.29, 0.717) is 13.0 Å². The van der Waals surface area contributed by atoms with E-state index in [4.69, 9.17) is 14.6 Å². The number of carbonyl (C=O) groups is 4. The number of methoxy groups -OCH3 is 1. The summed E-state index contributed by atoms with van der Waals surface area (Å²) in [5, 5.41) is 10.8. The summed E-state index contributed by atoms with van der Waals surface area (Å²) >= 11 is 1.21. The molecule has 2 fully saturated rings. The fourth-order valence-electron chi connectivity index (χ4n) is 3.22. The Morgan fingerprint density at radius 3 is 2.25 bits per heavy atom. The maximum Gasteiger partial charge on any atom is 0.430 e. The molecule has 0 aliphatic carbocycles. The number of alkyl halides is 3. The van der Waals surface area contributed by atoms with Crippen molar-refractivity contribution in [3.63, 3.8) is 0 Å². The third-order valence-corrected chi connectivity index (χ3v) is 5.55. The number of hydrogen-bond donors (Lipinski definition) is 1. The first-order valence-corrected chi connectivity index (χ1v) is 9.38. The lowest BCUT2D eigenvalue weighted by Gasteiger charge is -2.29. The first-order chi connectivity index (χ1) is 12.8. The molecule has 0 bridgehead atoms. The SMILES string of the molecule is COC(=O)[C@@H]1C[C@H](SC(C)=O)CN1C(=O)[C@]1(C)CCC[NH2+]1.O=C([O-])C(F)(F)F. The number of nitrogens with zero attached hydrogens (tertiary/aromatic N) is 1. The van der Waals surface area contributed by atoms with E-state index >= 15 is 0 Å². The topological polar surface area (TPSA) is 120 Å². The Hall–Kier alpha value is -1.82. The van der Waals surface area contributed by atoms with Gasteiger partial charge in [0.05, 0.1) is 13.7 Å². The van der Waals surface area contributed by atoms with Gasteiger partial charge >= 0.3 is 12.1 Å². The number of rotatable bonds is 3. The van der Waals surface area contributed by atoms with Crippen molar-refractivity contribution in [2.24, 2.45) is 0 Å². The number of amides is 1. The van der Waals surface area contributed by atoms with Gasteiger partial charge in [-0.2, -0.15) is 13.2 Å². The zero-order chi connectivity index (χ0) is 21.7. The lowest BCUT2D eigenvalue weighted by Crippen LogP contribution is -2.95. The van der Waals surface area contributed by atoms with Crippen molar-refractivity contribution in [3.05, 3.63) is 0 Å². The maximum atomic E-state index is 12.8. The van der Waals surface area contributed by atoms with Crippen molar-refractivity contribution in [1.29, 1.82) is 0 Å². The van der Waals surface area contributed by atoms with Gasteiger partial charge in [0.25, 0.3) is 5.91 Å². The van der Waals surface area contributed by atoms with Crippen molar-refractivity contribution < 1.29 is 47.5 Å². The number of ether oxygens (including phenoxy) is 1. The lowest BCUT2D eigenvalue weighted by molar-refractivity contribution is -0.690. The van der Waals surface area contributed by atoms with E-state index in [9.17, 15) is 27.6 Å². The quantitative estimate of drug-likeness (QED) is 0.562. The van der Waals surface area contributed by atoms with Crippen LogP contribution in [-0.4, -0.2) is 71.1 Å². The van der Waals surface area contributed by atoms with Crippen molar-refractivity contribution in [2.45, 2.75) is 56.1 Å². The molecular weight excluding hydrogens is 405 g/mol. The molecule has 2 saturated heterocycles. The van der Waals surface area contributed by atoms with Gasteiger partial charge in [-0.1, -0.05) is 11.8 Å². The molecule has 3 atom stereocenters. The molecule has 0 aromatic heterocycles. The molecule has 0 unspecified atom stereocenters. The number of likely N-dealkylation sites (tertiary alicyclic amines) is 1. The first-order valence-electron chi connectivity index (χ1n) is 8.50. The van der Waals surface area contributed by atoms with E-state index in [1.807, 2.05) is 6.92 Å². The molecule has 8 nitrogen and oxygen atoms in total. The molecule has 2 aliphatic rings. The van der Waals surface area contributed by atoms with Crippen molar-refractivity contribution in [2.75, 3.05) is 20.2 Å². The summed E-state index contributed by atoms with van der Waals surface area (Å²) < 4.78 is 36.4. The Bertz CT molecular complexity index is 622. The van der Waals surface area contributed by atoms with E-state index in [1.54, 1.807) is 4.90 Å². The minimum absolute atomic E-state index is 0.0107. The molecule has 2 heterocycles. The van der Waals surface area contributed by atoms with E-state index in [2.05, 4.69) is 5.32 Å². The van der Waals surface area contributed by atoms with Crippen LogP contribution in [0.15, 0.2) is 0 Å². The van der Waals surface area contributed by atoms with Crippen molar-refractivity contribution in [1.82, 2.24) is 4.90 Å². The Labute approximate surface area is 164 Å². The van der Waals surface area contributed by atoms with Crippen molar-refractivity contribution in [3.8, 4) is 0 Å². The standard InChI is InChI=1S/C14H22N2O4S.C2HF3O2/c1-9(17)21-10-7-11(12(18)20-3)16(8-10)13(19)14(2)5-4-6-15-14;3-2(4,5)1(6)7/h10-11,15H,4-8H2,1-3H3;(H,6,7)/t10-,11-,14-;/m0./s1. The summed E-state index contributed by atoms with van der Waals surface area (Å²) in [6.45, 7) is 4.81. The first kappa shape index (κ1) is 24.2. The highest BCUT2D eigenvalue weighted by Gasteiger charge is 2.50. The summed E-state index contributed by atoms with van der Waals surface area (Å²) in [5.74, 6) is -3.41. The van der Waals surface area contributed by atoms with Gasteiger partial charge in [0, 0.05) is 31.6 Å². The number of carboxylic acid groups (broad SMARTS) is 1. The molecule has 0 aromatic rings. The van der Waals surface area contributed by atoms with Crippen LogP contribution in [0, 0.1) is 0 Å². The lowest BCUT2D eigenvalue weighted by atomic mass is 9.98. The third-order valence-electron chi connectivity index (χ3n) is 4.54. The van der Waals surface area contributed by atoms with Gasteiger partial charge in [-0.3, -0.25) is 9.59 Å². The van der Waals surface area contributed by atoms with Crippen LogP contribution >= 0.6 is 11.8 Å². The fourth-order valence-corrected chi connectivity index (χ4v) is 4.20. The van der Waals surface area contributed by atoms with Gasteiger partial charge in [0.1, 0.15) is 12.0 Å². The summed E-state index contributed by atoms with van der Waals surface area (Å²) in [5.41, 5.74) is -0.484. The van der Waals surface area contributed by atoms with Crippen LogP contribution in [0.25, 0.3) is 0 Å². The van der Waals surface area contributed by atoms with Crippen LogP contribution < -0.4 is 10.4 Å². The monoisotopic (exact) mass is 428 g/mol. The normalized spacial score (nSPS) is 27.0. The van der Waals surface area contributed by atoms with E-state index in [-0.39, 0.29) is 16.3 Å².